The Balaban J connectivity index is 3.34. The van der Waals surface area contributed by atoms with Gasteiger partial charge in [-0.05, 0) is 12.1 Å². The van der Waals surface area contributed by atoms with Gasteiger partial charge in [0.2, 0.25) is 0 Å². The quantitative estimate of drug-likeness (QED) is 0.397. The molecular formula is C9H6NO6-. The van der Waals surface area contributed by atoms with E-state index in [0.717, 1.165) is 25.3 Å². The van der Waals surface area contributed by atoms with Gasteiger partial charge in [-0.1, -0.05) is 0 Å². The normalized spacial score (nSPS) is 9.56. The van der Waals surface area contributed by atoms with Gasteiger partial charge in [-0.3, -0.25) is 10.1 Å². The van der Waals surface area contributed by atoms with Crippen LogP contribution in [0.5, 0.6) is 0 Å². The fourth-order valence-electron chi connectivity index (χ4n) is 1.10. The highest BCUT2D eigenvalue weighted by atomic mass is 16.6. The number of nitro benzene ring substituents is 1. The molecule has 1 rings (SSSR count). The fourth-order valence-corrected chi connectivity index (χ4v) is 1.10. The second-order valence-corrected chi connectivity index (χ2v) is 2.77. The zero-order valence-electron chi connectivity index (χ0n) is 8.13. The number of hydrogen-bond acceptors (Lipinski definition) is 6. The van der Waals surface area contributed by atoms with Crippen molar-refractivity contribution in [2.24, 2.45) is 0 Å². The van der Waals surface area contributed by atoms with Crippen LogP contribution in [0, 0.1) is 10.1 Å². The summed E-state index contributed by atoms with van der Waals surface area (Å²) < 4.78 is 4.35. The van der Waals surface area contributed by atoms with E-state index in [9.17, 15) is 24.8 Å². The summed E-state index contributed by atoms with van der Waals surface area (Å²) in [7, 11) is 1.11. The molecule has 0 bridgehead atoms. The van der Waals surface area contributed by atoms with Crippen LogP contribution in [0.15, 0.2) is 18.2 Å². The molecule has 0 heterocycles. The molecule has 0 saturated heterocycles. The van der Waals surface area contributed by atoms with Gasteiger partial charge in [-0.15, -0.1) is 0 Å². The molecule has 0 spiro atoms. The Labute approximate surface area is 89.4 Å². The van der Waals surface area contributed by atoms with Crippen molar-refractivity contribution in [3.05, 3.63) is 39.4 Å². The van der Waals surface area contributed by atoms with Crippen LogP contribution in [-0.2, 0) is 4.74 Å². The maximum Gasteiger partial charge on any atom is 0.337 e. The van der Waals surface area contributed by atoms with Gasteiger partial charge in [-0.2, -0.15) is 0 Å². The van der Waals surface area contributed by atoms with Gasteiger partial charge in [0.1, 0.15) is 0 Å². The van der Waals surface area contributed by atoms with Gasteiger partial charge < -0.3 is 14.6 Å². The van der Waals surface area contributed by atoms with E-state index in [1.165, 1.54) is 0 Å². The summed E-state index contributed by atoms with van der Waals surface area (Å²) in [6.45, 7) is 0. The highest BCUT2D eigenvalue weighted by Crippen LogP contribution is 2.19. The highest BCUT2D eigenvalue weighted by Gasteiger charge is 2.17. The smallest absolute Gasteiger partial charge is 0.337 e. The molecule has 0 radical (unpaired) electrons. The number of methoxy groups -OCH3 is 1. The number of nitro groups is 1. The summed E-state index contributed by atoms with van der Waals surface area (Å²) in [5.41, 5.74) is -1.38. The predicted molar refractivity (Wildman–Crippen MR) is 48.8 cm³/mol. The Morgan fingerprint density at radius 2 is 2.00 bits per heavy atom. The topological polar surface area (TPSA) is 110 Å². The Morgan fingerprint density at radius 1 is 1.38 bits per heavy atom. The Hall–Kier alpha value is -2.44. The molecular weight excluding hydrogens is 218 g/mol. The summed E-state index contributed by atoms with van der Waals surface area (Å²) >= 11 is 0. The SMILES string of the molecule is COC(=O)c1ccc([N+](=O)[O-])c(C(=O)[O-])c1. The van der Waals surface area contributed by atoms with Gasteiger partial charge >= 0.3 is 5.97 Å². The van der Waals surface area contributed by atoms with E-state index >= 15 is 0 Å². The maximum absolute atomic E-state index is 11.1. The Kier molecular flexibility index (Phi) is 3.19. The summed E-state index contributed by atoms with van der Waals surface area (Å²) in [5, 5.41) is 21.1. The van der Waals surface area contributed by atoms with Gasteiger partial charge in [0.15, 0.2) is 0 Å². The lowest BCUT2D eigenvalue weighted by atomic mass is 10.1. The monoisotopic (exact) mass is 224 g/mol. The first-order valence-corrected chi connectivity index (χ1v) is 4.05. The molecule has 0 aliphatic rings. The van der Waals surface area contributed by atoms with Crippen LogP contribution < -0.4 is 5.11 Å². The standard InChI is InChI=1S/C9H7NO6/c1-16-9(13)5-2-3-7(10(14)15)6(4-5)8(11)12/h2-4H,1H3,(H,11,12)/p-1. The van der Waals surface area contributed by atoms with Gasteiger partial charge in [0, 0.05) is 6.07 Å². The van der Waals surface area contributed by atoms with Crippen LogP contribution in [0.4, 0.5) is 5.69 Å². The highest BCUT2D eigenvalue weighted by molar-refractivity contribution is 5.96. The van der Waals surface area contributed by atoms with Gasteiger partial charge in [-0.25, -0.2) is 4.79 Å². The number of nitrogens with zero attached hydrogens (tertiary/aromatic N) is 1. The molecule has 7 nitrogen and oxygen atoms in total. The number of benzene rings is 1. The van der Waals surface area contributed by atoms with Crippen molar-refractivity contribution in [3.63, 3.8) is 0 Å². The third-order valence-electron chi connectivity index (χ3n) is 1.83. The van der Waals surface area contributed by atoms with Crippen molar-refractivity contribution in [1.82, 2.24) is 0 Å². The summed E-state index contributed by atoms with van der Waals surface area (Å²) in [6.07, 6.45) is 0. The van der Waals surface area contributed by atoms with E-state index in [1.54, 1.807) is 0 Å². The number of ether oxygens (including phenoxy) is 1. The summed E-state index contributed by atoms with van der Waals surface area (Å²) in [5.74, 6) is -2.50. The Bertz CT molecular complexity index is 467. The first-order chi connectivity index (χ1) is 7.47. The van der Waals surface area contributed by atoms with Crippen LogP contribution in [0.3, 0.4) is 0 Å². The third-order valence-corrected chi connectivity index (χ3v) is 1.83. The average molecular weight is 224 g/mol. The lowest BCUT2D eigenvalue weighted by Gasteiger charge is -2.05. The van der Waals surface area contributed by atoms with E-state index in [-0.39, 0.29) is 5.56 Å². The zero-order chi connectivity index (χ0) is 12.3. The molecule has 1 aromatic carbocycles. The molecule has 0 aliphatic carbocycles. The van der Waals surface area contributed by atoms with Crippen LogP contribution in [0.25, 0.3) is 0 Å². The van der Waals surface area contributed by atoms with Crippen molar-refractivity contribution in [2.45, 2.75) is 0 Å². The third kappa shape index (κ3) is 2.14. The average Bonchev–Trinajstić information content (AvgIpc) is 2.26. The molecule has 0 atom stereocenters. The van der Waals surface area contributed by atoms with E-state index in [1.807, 2.05) is 0 Å². The van der Waals surface area contributed by atoms with Crippen LogP contribution >= 0.6 is 0 Å². The van der Waals surface area contributed by atoms with E-state index in [4.69, 9.17) is 0 Å². The molecule has 84 valence electrons. The fraction of sp³-hybridized carbons (Fsp3) is 0.111. The number of carboxylic acids is 1. The largest absolute Gasteiger partial charge is 0.545 e. The number of carbonyl (C=O) groups is 2. The first-order valence-electron chi connectivity index (χ1n) is 4.05. The molecule has 0 N–H and O–H groups in total. The minimum atomic E-state index is -1.72. The molecule has 0 unspecified atom stereocenters. The Morgan fingerprint density at radius 3 is 2.44 bits per heavy atom. The van der Waals surface area contributed by atoms with Crippen LogP contribution in [0.2, 0.25) is 0 Å². The number of aromatic carboxylic acids is 1. The van der Waals surface area contributed by atoms with E-state index in [0.29, 0.717) is 0 Å². The van der Waals surface area contributed by atoms with Crippen molar-refractivity contribution in [3.8, 4) is 0 Å². The van der Waals surface area contributed by atoms with Crippen molar-refractivity contribution >= 4 is 17.6 Å². The maximum atomic E-state index is 11.1. The minimum absolute atomic E-state index is 0.0905. The predicted octanol–water partition coefficient (Wildman–Crippen LogP) is -0.255. The molecule has 0 amide bonds. The van der Waals surface area contributed by atoms with E-state index < -0.39 is 28.1 Å². The number of esters is 1. The lowest BCUT2D eigenvalue weighted by Crippen LogP contribution is -2.24. The number of carboxylic acid groups (broad SMARTS) is 1. The first kappa shape index (κ1) is 11.6. The molecule has 1 aromatic rings. The number of rotatable bonds is 3. The summed E-state index contributed by atoms with van der Waals surface area (Å²) in [6, 6.07) is 2.87. The minimum Gasteiger partial charge on any atom is -0.545 e. The summed E-state index contributed by atoms with van der Waals surface area (Å²) in [4.78, 5) is 31.3. The van der Waals surface area contributed by atoms with Gasteiger partial charge in [0.05, 0.1) is 29.1 Å². The molecule has 0 aliphatic heterocycles. The van der Waals surface area contributed by atoms with Gasteiger partial charge in [0.25, 0.3) is 5.69 Å². The second-order valence-electron chi connectivity index (χ2n) is 2.77. The molecule has 0 saturated carbocycles. The molecule has 0 fully saturated rings. The molecule has 16 heavy (non-hydrogen) atoms. The van der Waals surface area contributed by atoms with Crippen LogP contribution in [-0.4, -0.2) is 24.0 Å². The van der Waals surface area contributed by atoms with Crippen molar-refractivity contribution in [1.29, 1.82) is 0 Å². The van der Waals surface area contributed by atoms with Crippen LogP contribution in [0.1, 0.15) is 20.7 Å². The molecule has 0 aromatic heterocycles. The molecule has 7 heteroatoms. The van der Waals surface area contributed by atoms with E-state index in [2.05, 4.69) is 4.74 Å². The number of carbonyl (C=O) groups excluding carboxylic acids is 2. The zero-order valence-corrected chi connectivity index (χ0v) is 8.13. The second kappa shape index (κ2) is 4.39. The number of hydrogen-bond donors (Lipinski definition) is 0. The lowest BCUT2D eigenvalue weighted by molar-refractivity contribution is -0.385. The van der Waals surface area contributed by atoms with Crippen molar-refractivity contribution in [2.75, 3.05) is 7.11 Å². The van der Waals surface area contributed by atoms with Crippen molar-refractivity contribution < 1.29 is 24.4 Å².